The Morgan fingerprint density at radius 2 is 1.73 bits per heavy atom. The van der Waals surface area contributed by atoms with E-state index in [1.54, 1.807) is 45.0 Å². The summed E-state index contributed by atoms with van der Waals surface area (Å²) in [6.07, 6.45) is -9.31. The molecule has 13 heteroatoms. The molecule has 0 radical (unpaired) electrons. The number of carbonyl (C=O) groups is 2. The van der Waals surface area contributed by atoms with Crippen LogP contribution in [0.4, 0.5) is 42.6 Å². The van der Waals surface area contributed by atoms with E-state index in [2.05, 4.69) is 0 Å². The number of fused-ring (bicyclic) bond motifs is 1. The standard InChI is InChI=1S/C27H32F6N4O3/c1-16(2)40-25(39)36-12-6-7-21(24-22(36)10-11-23(34-24)35(4)5)37(17(3)38)15-18-8-9-19(26(28,29)30)14-20(13-18)27(31,32)33/h9-11,13-14,16,21H,6-8,12,15H2,1-5H3. The van der Waals surface area contributed by atoms with Gasteiger partial charge in [-0.2, -0.15) is 26.3 Å². The van der Waals surface area contributed by atoms with Crippen molar-refractivity contribution in [2.24, 2.45) is 0 Å². The number of rotatable bonds is 5. The highest BCUT2D eigenvalue weighted by molar-refractivity contribution is 5.89. The van der Waals surface area contributed by atoms with Gasteiger partial charge in [-0.15, -0.1) is 0 Å². The minimum atomic E-state index is -5.03. The Kier molecular flexibility index (Phi) is 9.25. The summed E-state index contributed by atoms with van der Waals surface area (Å²) in [4.78, 5) is 35.0. The number of allylic oxidation sites excluding steroid dienone is 5. The highest BCUT2D eigenvalue weighted by atomic mass is 19.4. The number of aromatic nitrogens is 1. The molecule has 2 aliphatic rings. The third kappa shape index (κ3) is 7.36. The molecule has 0 fully saturated rings. The molecule has 1 aliphatic heterocycles. The third-order valence-corrected chi connectivity index (χ3v) is 6.43. The second-order valence-electron chi connectivity index (χ2n) is 10.1. The van der Waals surface area contributed by atoms with Crippen LogP contribution in [-0.2, 0) is 9.53 Å². The summed E-state index contributed by atoms with van der Waals surface area (Å²) in [7, 11) is 3.50. The first kappa shape index (κ1) is 31.0. The van der Waals surface area contributed by atoms with Gasteiger partial charge in [0.15, 0.2) is 0 Å². The van der Waals surface area contributed by atoms with Gasteiger partial charge in [-0.3, -0.25) is 9.69 Å². The second kappa shape index (κ2) is 11.9. The van der Waals surface area contributed by atoms with Gasteiger partial charge in [0.2, 0.25) is 5.91 Å². The average molecular weight is 575 g/mol. The number of nitrogens with zero attached hydrogens (tertiary/aromatic N) is 4. The fraction of sp³-hybridized carbons (Fsp3) is 0.519. The van der Waals surface area contributed by atoms with Gasteiger partial charge in [-0.25, -0.2) is 9.78 Å². The molecule has 1 unspecified atom stereocenters. The van der Waals surface area contributed by atoms with Crippen molar-refractivity contribution in [3.63, 3.8) is 0 Å². The van der Waals surface area contributed by atoms with Crippen molar-refractivity contribution in [2.45, 2.75) is 64.5 Å². The van der Waals surface area contributed by atoms with Crippen molar-refractivity contribution in [1.82, 2.24) is 9.88 Å². The van der Waals surface area contributed by atoms with Crippen molar-refractivity contribution in [3.8, 4) is 0 Å². The number of carbonyl (C=O) groups excluding carboxylic acids is 2. The molecule has 0 spiro atoms. The molecule has 2 heterocycles. The first-order valence-corrected chi connectivity index (χ1v) is 12.7. The molecular weight excluding hydrogens is 542 g/mol. The maximum absolute atomic E-state index is 13.6. The van der Waals surface area contributed by atoms with Crippen LogP contribution < -0.4 is 9.80 Å². The number of amides is 2. The Labute approximate surface area is 228 Å². The number of ether oxygens (including phenoxy) is 1. The quantitative estimate of drug-likeness (QED) is 0.376. The molecule has 1 aliphatic carbocycles. The minimum absolute atomic E-state index is 0.0244. The summed E-state index contributed by atoms with van der Waals surface area (Å²) in [5.41, 5.74) is -2.16. The zero-order valence-corrected chi connectivity index (χ0v) is 22.9. The van der Waals surface area contributed by atoms with Crippen molar-refractivity contribution in [2.75, 3.05) is 37.0 Å². The van der Waals surface area contributed by atoms with Gasteiger partial charge in [0.25, 0.3) is 0 Å². The highest BCUT2D eigenvalue weighted by Crippen LogP contribution is 2.40. The molecule has 40 heavy (non-hydrogen) atoms. The van der Waals surface area contributed by atoms with Crippen LogP contribution in [0.15, 0.2) is 47.1 Å². The summed E-state index contributed by atoms with van der Waals surface area (Å²) in [6.45, 7) is 4.52. The lowest BCUT2D eigenvalue weighted by Gasteiger charge is -2.32. The minimum Gasteiger partial charge on any atom is -0.446 e. The average Bonchev–Trinajstić information content (AvgIpc) is 3.16. The molecule has 2 amide bonds. The Balaban J connectivity index is 2.08. The van der Waals surface area contributed by atoms with Gasteiger partial charge in [0, 0.05) is 34.1 Å². The van der Waals surface area contributed by atoms with E-state index >= 15 is 0 Å². The summed E-state index contributed by atoms with van der Waals surface area (Å²) in [5, 5.41) is 0. The van der Waals surface area contributed by atoms with Crippen LogP contribution in [0.5, 0.6) is 0 Å². The van der Waals surface area contributed by atoms with Crippen LogP contribution in [0.25, 0.3) is 0 Å². The van der Waals surface area contributed by atoms with Crippen molar-refractivity contribution in [1.29, 1.82) is 0 Å². The maximum atomic E-state index is 13.6. The molecule has 1 aromatic rings. The molecule has 1 aromatic heterocycles. The number of hydrogen-bond acceptors (Lipinski definition) is 5. The van der Waals surface area contributed by atoms with Gasteiger partial charge >= 0.3 is 18.4 Å². The fourth-order valence-corrected chi connectivity index (χ4v) is 4.56. The van der Waals surface area contributed by atoms with Crippen LogP contribution >= 0.6 is 0 Å². The van der Waals surface area contributed by atoms with Crippen LogP contribution in [0.1, 0.15) is 51.8 Å². The Bertz CT molecular complexity index is 1220. The van der Waals surface area contributed by atoms with Gasteiger partial charge < -0.3 is 14.5 Å². The highest BCUT2D eigenvalue weighted by Gasteiger charge is 2.39. The second-order valence-corrected chi connectivity index (χ2v) is 10.1. The monoisotopic (exact) mass is 574 g/mol. The first-order valence-electron chi connectivity index (χ1n) is 12.7. The summed E-state index contributed by atoms with van der Waals surface area (Å²) in [6, 6.07) is 2.59. The molecule has 3 rings (SSSR count). The summed E-state index contributed by atoms with van der Waals surface area (Å²) >= 11 is 0. The number of halogens is 6. The van der Waals surface area contributed by atoms with Crippen LogP contribution in [-0.4, -0.2) is 67.5 Å². The van der Waals surface area contributed by atoms with Crippen LogP contribution in [0, 0.1) is 0 Å². The number of anilines is 2. The fourth-order valence-electron chi connectivity index (χ4n) is 4.56. The largest absolute Gasteiger partial charge is 0.446 e. The first-order chi connectivity index (χ1) is 18.5. The third-order valence-electron chi connectivity index (χ3n) is 6.43. The van der Waals surface area contributed by atoms with E-state index in [4.69, 9.17) is 9.72 Å². The Hall–Kier alpha value is -3.51. The van der Waals surface area contributed by atoms with Crippen molar-refractivity contribution in [3.05, 3.63) is 52.8 Å². The molecule has 0 bridgehead atoms. The van der Waals surface area contributed by atoms with E-state index in [9.17, 15) is 35.9 Å². The van der Waals surface area contributed by atoms with Gasteiger partial charge in [-0.05, 0) is 63.0 Å². The smallest absolute Gasteiger partial charge is 0.416 e. The Morgan fingerprint density at radius 3 is 2.27 bits per heavy atom. The molecule has 0 saturated carbocycles. The molecule has 220 valence electrons. The van der Waals surface area contributed by atoms with Gasteiger partial charge in [0.05, 0.1) is 34.7 Å². The molecule has 0 aromatic carbocycles. The van der Waals surface area contributed by atoms with Crippen LogP contribution in [0.3, 0.4) is 0 Å². The predicted molar refractivity (Wildman–Crippen MR) is 138 cm³/mol. The zero-order chi connectivity index (χ0) is 30.0. The van der Waals surface area contributed by atoms with E-state index in [1.165, 1.54) is 16.7 Å². The van der Waals surface area contributed by atoms with E-state index < -0.39 is 54.1 Å². The molecule has 0 N–H and O–H groups in total. The lowest BCUT2D eigenvalue weighted by Crippen LogP contribution is -2.36. The van der Waals surface area contributed by atoms with Crippen LogP contribution in [0.2, 0.25) is 0 Å². The molecule has 0 saturated heterocycles. The molecular formula is C27H32F6N4O3. The zero-order valence-electron chi connectivity index (χ0n) is 22.9. The topological polar surface area (TPSA) is 66.0 Å². The van der Waals surface area contributed by atoms with Crippen molar-refractivity contribution < 1.29 is 40.7 Å². The van der Waals surface area contributed by atoms with E-state index in [0.29, 0.717) is 42.2 Å². The lowest BCUT2D eigenvalue weighted by atomic mass is 10.0. The number of hydrogen-bond donors (Lipinski definition) is 0. The normalized spacial score (nSPS) is 18.1. The summed E-state index contributed by atoms with van der Waals surface area (Å²) in [5.74, 6) is 0.00831. The molecule has 1 atom stereocenters. The van der Waals surface area contributed by atoms with E-state index in [1.807, 2.05) is 0 Å². The number of alkyl halides is 6. The van der Waals surface area contributed by atoms with E-state index in [0.717, 1.165) is 0 Å². The SMILES string of the molecule is CC(=O)N(CC1=CC(C(F)(F)F)=CC(C(F)(F)F)=CC1)C1CCCN(C(=O)OC(C)C)c2ccc(N(C)C)nc21. The van der Waals surface area contributed by atoms with Gasteiger partial charge in [-0.1, -0.05) is 6.08 Å². The van der Waals surface area contributed by atoms with Gasteiger partial charge in [0.1, 0.15) is 5.82 Å². The molecule has 7 nitrogen and oxygen atoms in total. The lowest BCUT2D eigenvalue weighted by molar-refractivity contribution is -0.131. The van der Waals surface area contributed by atoms with Crippen molar-refractivity contribution >= 4 is 23.5 Å². The Morgan fingerprint density at radius 1 is 1.07 bits per heavy atom. The summed E-state index contributed by atoms with van der Waals surface area (Å²) < 4.78 is 86.4. The number of pyridine rings is 1. The van der Waals surface area contributed by atoms with E-state index in [-0.39, 0.29) is 24.7 Å². The predicted octanol–water partition coefficient (Wildman–Crippen LogP) is 6.49. The maximum Gasteiger partial charge on any atom is 0.416 e.